The standard InChI is InChI=1S/C25H30N/c1-17-12-18(2)14-21(13-17)20-9-11-24(26(7)16-20)23-15-22(25(4,5)6)10-8-19(23)3/h8-16H,1-7H3/q+1. The van der Waals surface area contributed by atoms with E-state index in [9.17, 15) is 0 Å². The number of aryl methyl sites for hydroxylation is 4. The monoisotopic (exact) mass is 344 g/mol. The molecule has 1 nitrogen and oxygen atoms in total. The van der Waals surface area contributed by atoms with E-state index in [1.807, 2.05) is 0 Å². The average Bonchev–Trinajstić information content (AvgIpc) is 2.53. The molecule has 0 aliphatic carbocycles. The number of benzene rings is 2. The van der Waals surface area contributed by atoms with Gasteiger partial charge in [0.15, 0.2) is 6.20 Å². The molecule has 0 unspecified atom stereocenters. The van der Waals surface area contributed by atoms with Crippen LogP contribution in [0.2, 0.25) is 0 Å². The van der Waals surface area contributed by atoms with Crippen molar-refractivity contribution in [3.8, 4) is 22.4 Å². The van der Waals surface area contributed by atoms with E-state index in [1.54, 1.807) is 0 Å². The molecule has 0 aliphatic rings. The van der Waals surface area contributed by atoms with Gasteiger partial charge in [-0.3, -0.25) is 0 Å². The Morgan fingerprint density at radius 1 is 0.731 bits per heavy atom. The molecule has 0 N–H and O–H groups in total. The summed E-state index contributed by atoms with van der Waals surface area (Å²) in [4.78, 5) is 0. The van der Waals surface area contributed by atoms with E-state index in [4.69, 9.17) is 0 Å². The molecule has 0 radical (unpaired) electrons. The SMILES string of the molecule is Cc1cc(C)cc(-c2ccc(-c3cc(C(C)(C)C)ccc3C)[n+](C)c2)c1. The zero-order chi connectivity index (χ0) is 19.1. The van der Waals surface area contributed by atoms with Crippen LogP contribution in [0.4, 0.5) is 0 Å². The predicted octanol–water partition coefficient (Wildman–Crippen LogP) is 6.07. The molecule has 0 atom stereocenters. The predicted molar refractivity (Wildman–Crippen MR) is 111 cm³/mol. The van der Waals surface area contributed by atoms with E-state index in [1.165, 1.54) is 44.6 Å². The van der Waals surface area contributed by atoms with Gasteiger partial charge >= 0.3 is 0 Å². The van der Waals surface area contributed by atoms with Gasteiger partial charge in [0, 0.05) is 17.2 Å². The fourth-order valence-corrected chi connectivity index (χ4v) is 3.56. The quantitative estimate of drug-likeness (QED) is 0.497. The minimum Gasteiger partial charge on any atom is -0.200 e. The lowest BCUT2D eigenvalue weighted by Crippen LogP contribution is -2.31. The first-order valence-corrected chi connectivity index (χ1v) is 9.35. The van der Waals surface area contributed by atoms with Crippen molar-refractivity contribution < 1.29 is 4.57 Å². The third-order valence-corrected chi connectivity index (χ3v) is 5.07. The molecule has 26 heavy (non-hydrogen) atoms. The molecule has 2 aromatic carbocycles. The van der Waals surface area contributed by atoms with Crippen LogP contribution in [0.3, 0.4) is 0 Å². The molecule has 1 heterocycles. The Kier molecular flexibility index (Phi) is 4.75. The first kappa shape index (κ1) is 18.4. The lowest BCUT2D eigenvalue weighted by Gasteiger charge is -2.20. The van der Waals surface area contributed by atoms with Gasteiger partial charge in [0.05, 0.1) is 0 Å². The second-order valence-electron chi connectivity index (χ2n) is 8.57. The number of aromatic nitrogens is 1. The van der Waals surface area contributed by atoms with E-state index < -0.39 is 0 Å². The van der Waals surface area contributed by atoms with Gasteiger partial charge in [-0.25, -0.2) is 4.57 Å². The van der Waals surface area contributed by atoms with Gasteiger partial charge in [0.25, 0.3) is 0 Å². The molecular weight excluding hydrogens is 314 g/mol. The summed E-state index contributed by atoms with van der Waals surface area (Å²) in [6, 6.07) is 18.1. The Hall–Kier alpha value is -2.41. The number of nitrogens with zero attached hydrogens (tertiary/aromatic N) is 1. The molecule has 0 saturated heterocycles. The first-order chi connectivity index (χ1) is 12.1. The van der Waals surface area contributed by atoms with Crippen LogP contribution in [0.25, 0.3) is 22.4 Å². The van der Waals surface area contributed by atoms with Crippen molar-refractivity contribution in [3.63, 3.8) is 0 Å². The van der Waals surface area contributed by atoms with Crippen LogP contribution < -0.4 is 4.57 Å². The van der Waals surface area contributed by atoms with Crippen LogP contribution in [-0.4, -0.2) is 0 Å². The highest BCUT2D eigenvalue weighted by Crippen LogP contribution is 2.30. The Labute approximate surface area is 158 Å². The average molecular weight is 345 g/mol. The fraction of sp³-hybridized carbons (Fsp3) is 0.320. The summed E-state index contributed by atoms with van der Waals surface area (Å²) in [5, 5.41) is 0. The molecule has 1 aromatic heterocycles. The Bertz CT molecular complexity index is 938. The van der Waals surface area contributed by atoms with Gasteiger partial charge in [0.1, 0.15) is 7.05 Å². The molecule has 0 fully saturated rings. The van der Waals surface area contributed by atoms with Gasteiger partial charge < -0.3 is 0 Å². The number of pyridine rings is 1. The molecule has 3 aromatic rings. The lowest BCUT2D eigenvalue weighted by molar-refractivity contribution is -0.659. The fourth-order valence-electron chi connectivity index (χ4n) is 3.56. The Balaban J connectivity index is 2.09. The van der Waals surface area contributed by atoms with Crippen molar-refractivity contribution in [2.24, 2.45) is 7.05 Å². The summed E-state index contributed by atoms with van der Waals surface area (Å²) < 4.78 is 2.25. The van der Waals surface area contributed by atoms with E-state index in [-0.39, 0.29) is 5.41 Å². The van der Waals surface area contributed by atoms with Gasteiger partial charge in [-0.15, -0.1) is 0 Å². The van der Waals surface area contributed by atoms with Gasteiger partial charge in [-0.1, -0.05) is 62.2 Å². The highest BCUT2D eigenvalue weighted by molar-refractivity contribution is 5.67. The maximum absolute atomic E-state index is 2.35. The maximum atomic E-state index is 2.35. The molecule has 3 rings (SSSR count). The van der Waals surface area contributed by atoms with Crippen molar-refractivity contribution in [3.05, 3.63) is 77.0 Å². The third-order valence-electron chi connectivity index (χ3n) is 5.07. The summed E-state index contributed by atoms with van der Waals surface area (Å²) >= 11 is 0. The topological polar surface area (TPSA) is 3.88 Å². The first-order valence-electron chi connectivity index (χ1n) is 9.35. The van der Waals surface area contributed by atoms with Gasteiger partial charge in [-0.2, -0.15) is 0 Å². The third kappa shape index (κ3) is 3.72. The second-order valence-corrected chi connectivity index (χ2v) is 8.57. The summed E-state index contributed by atoms with van der Waals surface area (Å²) in [6.45, 7) is 13.3. The van der Waals surface area contributed by atoms with Crippen LogP contribution in [0, 0.1) is 20.8 Å². The van der Waals surface area contributed by atoms with E-state index in [0.717, 1.165) is 0 Å². The van der Waals surface area contributed by atoms with Crippen LogP contribution in [-0.2, 0) is 12.5 Å². The summed E-state index contributed by atoms with van der Waals surface area (Å²) in [5.74, 6) is 0. The molecule has 0 bridgehead atoms. The smallest absolute Gasteiger partial charge is 0.200 e. The Morgan fingerprint density at radius 2 is 1.38 bits per heavy atom. The lowest BCUT2D eigenvalue weighted by atomic mass is 9.85. The van der Waals surface area contributed by atoms with E-state index in [0.29, 0.717) is 0 Å². The highest BCUT2D eigenvalue weighted by Gasteiger charge is 2.19. The van der Waals surface area contributed by atoms with Gasteiger partial charge in [0.2, 0.25) is 5.69 Å². The minimum atomic E-state index is 0.153. The zero-order valence-electron chi connectivity index (χ0n) is 17.1. The number of rotatable bonds is 2. The number of hydrogen-bond donors (Lipinski definition) is 0. The van der Waals surface area contributed by atoms with Crippen LogP contribution in [0.1, 0.15) is 43.0 Å². The molecule has 134 valence electrons. The Morgan fingerprint density at radius 3 is 1.96 bits per heavy atom. The van der Waals surface area contributed by atoms with Crippen molar-refractivity contribution in [1.82, 2.24) is 0 Å². The minimum absolute atomic E-state index is 0.153. The second kappa shape index (κ2) is 6.72. The summed E-state index contributed by atoms with van der Waals surface area (Å²) in [7, 11) is 2.14. The molecule has 0 amide bonds. The van der Waals surface area contributed by atoms with Crippen LogP contribution in [0.15, 0.2) is 54.7 Å². The normalized spacial score (nSPS) is 11.7. The maximum Gasteiger partial charge on any atom is 0.212 e. The summed E-state index contributed by atoms with van der Waals surface area (Å²) in [6.07, 6.45) is 2.24. The molecule has 0 aliphatic heterocycles. The molecular formula is C25H30N+. The van der Waals surface area contributed by atoms with Crippen LogP contribution in [0.5, 0.6) is 0 Å². The molecule has 0 spiro atoms. The zero-order valence-corrected chi connectivity index (χ0v) is 17.1. The van der Waals surface area contributed by atoms with Crippen molar-refractivity contribution in [2.75, 3.05) is 0 Å². The molecule has 1 heteroatoms. The highest BCUT2D eigenvalue weighted by atomic mass is 14.9. The number of hydrogen-bond acceptors (Lipinski definition) is 0. The largest absolute Gasteiger partial charge is 0.212 e. The van der Waals surface area contributed by atoms with Gasteiger partial charge in [-0.05, 0) is 55.0 Å². The van der Waals surface area contributed by atoms with E-state index >= 15 is 0 Å². The van der Waals surface area contributed by atoms with Crippen molar-refractivity contribution >= 4 is 0 Å². The molecule has 0 saturated carbocycles. The van der Waals surface area contributed by atoms with Crippen molar-refractivity contribution in [2.45, 2.75) is 47.0 Å². The van der Waals surface area contributed by atoms with Crippen molar-refractivity contribution in [1.29, 1.82) is 0 Å². The van der Waals surface area contributed by atoms with Crippen LogP contribution >= 0.6 is 0 Å². The van der Waals surface area contributed by atoms with E-state index in [2.05, 4.69) is 108 Å². The summed E-state index contributed by atoms with van der Waals surface area (Å²) in [5.41, 5.74) is 10.6.